The molecule has 0 saturated carbocycles. The number of nitrogens with zero attached hydrogens (tertiary/aromatic N) is 2. The molecule has 0 aromatic carbocycles. The first-order valence-electron chi connectivity index (χ1n) is 2.87. The zero-order valence-electron chi connectivity index (χ0n) is 5.87. The Kier molecular flexibility index (Phi) is 2.37. The normalized spacial score (nSPS) is 8.82. The minimum absolute atomic E-state index is 0.437. The summed E-state index contributed by atoms with van der Waals surface area (Å²) in [4.78, 5) is 10.6. The van der Waals surface area contributed by atoms with Gasteiger partial charge in [-0.15, -0.1) is 5.10 Å². The minimum atomic E-state index is -0.547. The molecule has 1 radical (unpaired) electrons. The van der Waals surface area contributed by atoms with E-state index < -0.39 is 6.09 Å². The Hall–Kier alpha value is -1.65. The molecule has 5 nitrogen and oxygen atoms in total. The summed E-state index contributed by atoms with van der Waals surface area (Å²) >= 11 is 0. The Labute approximate surface area is 63.4 Å². The second kappa shape index (κ2) is 3.50. The molecule has 0 unspecified atom stereocenters. The summed E-state index contributed by atoms with van der Waals surface area (Å²) in [7, 11) is 1.28. The van der Waals surface area contributed by atoms with Crippen molar-refractivity contribution >= 4 is 11.8 Å². The smallest absolute Gasteiger partial charge is 0.411 e. The highest BCUT2D eigenvalue weighted by molar-refractivity contribution is 5.83. The number of nitrogens with one attached hydrogen (secondary N) is 1. The van der Waals surface area contributed by atoms with Gasteiger partial charge in [-0.1, -0.05) is 0 Å². The van der Waals surface area contributed by atoms with Crippen molar-refractivity contribution in [1.82, 2.24) is 10.2 Å². The van der Waals surface area contributed by atoms with Crippen LogP contribution in [-0.4, -0.2) is 23.4 Å². The fraction of sp³-hybridized carbons (Fsp3) is 0.167. The van der Waals surface area contributed by atoms with Crippen LogP contribution in [0.15, 0.2) is 12.3 Å². The van der Waals surface area contributed by atoms with Gasteiger partial charge in [0.05, 0.1) is 19.0 Å². The Balaban J connectivity index is 2.58. The van der Waals surface area contributed by atoms with Crippen LogP contribution in [0.4, 0.5) is 10.5 Å². The van der Waals surface area contributed by atoms with Crippen LogP contribution in [0.1, 0.15) is 0 Å². The van der Waals surface area contributed by atoms with Gasteiger partial charge in [-0.3, -0.25) is 5.32 Å². The summed E-state index contributed by atoms with van der Waals surface area (Å²) in [6.07, 6.45) is 3.36. The summed E-state index contributed by atoms with van der Waals surface area (Å²) in [5.74, 6) is 0. The molecular formula is C6H6N3O2. The number of carbonyl (C=O) groups excluding carboxylic acids is 1. The average Bonchev–Trinajstić information content (AvgIpc) is 2.06. The first-order chi connectivity index (χ1) is 5.33. The highest BCUT2D eigenvalue weighted by Crippen LogP contribution is 1.99. The molecule has 0 atom stereocenters. The van der Waals surface area contributed by atoms with Crippen molar-refractivity contribution in [2.24, 2.45) is 0 Å². The number of rotatable bonds is 1. The van der Waals surface area contributed by atoms with E-state index in [9.17, 15) is 4.79 Å². The molecule has 0 aliphatic carbocycles. The van der Waals surface area contributed by atoms with Crippen molar-refractivity contribution in [1.29, 1.82) is 0 Å². The summed E-state index contributed by atoms with van der Waals surface area (Å²) in [5.41, 5.74) is 0.437. The van der Waals surface area contributed by atoms with Crippen molar-refractivity contribution in [2.75, 3.05) is 12.4 Å². The predicted octanol–water partition coefficient (Wildman–Crippen LogP) is 0.455. The molecule has 0 bridgehead atoms. The molecule has 0 spiro atoms. The van der Waals surface area contributed by atoms with Crippen molar-refractivity contribution in [2.45, 2.75) is 0 Å². The zero-order valence-corrected chi connectivity index (χ0v) is 5.87. The van der Waals surface area contributed by atoms with Crippen LogP contribution in [0.2, 0.25) is 0 Å². The third-order valence-corrected chi connectivity index (χ3v) is 0.958. The van der Waals surface area contributed by atoms with Crippen LogP contribution in [0.3, 0.4) is 0 Å². The van der Waals surface area contributed by atoms with E-state index in [1.165, 1.54) is 13.3 Å². The van der Waals surface area contributed by atoms with E-state index in [0.29, 0.717) is 5.69 Å². The Morgan fingerprint density at radius 3 is 3.18 bits per heavy atom. The molecule has 1 N–H and O–H groups in total. The summed E-state index contributed by atoms with van der Waals surface area (Å²) in [6, 6.07) is 1.56. The van der Waals surface area contributed by atoms with E-state index in [-0.39, 0.29) is 0 Å². The fourth-order valence-corrected chi connectivity index (χ4v) is 0.492. The van der Waals surface area contributed by atoms with Crippen LogP contribution in [0.5, 0.6) is 0 Å². The first-order valence-corrected chi connectivity index (χ1v) is 2.87. The topological polar surface area (TPSA) is 64.1 Å². The number of ether oxygens (including phenoxy) is 1. The van der Waals surface area contributed by atoms with Gasteiger partial charge in [0.1, 0.15) is 6.20 Å². The average molecular weight is 152 g/mol. The van der Waals surface area contributed by atoms with E-state index in [4.69, 9.17) is 0 Å². The number of aromatic nitrogens is 2. The third-order valence-electron chi connectivity index (χ3n) is 0.958. The lowest BCUT2D eigenvalue weighted by Gasteiger charge is -1.99. The number of anilines is 1. The summed E-state index contributed by atoms with van der Waals surface area (Å²) < 4.78 is 4.34. The highest BCUT2D eigenvalue weighted by atomic mass is 16.5. The standard InChI is InChI=1S/C6H6N3O2/c1-11-6(10)9-5-2-3-7-8-4-5/h2-3H,1H3,(H,7,9,10). The maximum atomic E-state index is 10.6. The van der Waals surface area contributed by atoms with E-state index in [1.54, 1.807) is 6.07 Å². The molecule has 1 heterocycles. The monoisotopic (exact) mass is 152 g/mol. The Morgan fingerprint density at radius 1 is 1.82 bits per heavy atom. The summed E-state index contributed by atoms with van der Waals surface area (Å²) in [6.45, 7) is 0. The second-order valence-electron chi connectivity index (χ2n) is 1.67. The van der Waals surface area contributed by atoms with Gasteiger partial charge in [0.2, 0.25) is 0 Å². The lowest BCUT2D eigenvalue weighted by molar-refractivity contribution is 0.187. The fourth-order valence-electron chi connectivity index (χ4n) is 0.492. The molecule has 1 aromatic rings. The van der Waals surface area contributed by atoms with Crippen LogP contribution in [0, 0.1) is 6.20 Å². The van der Waals surface area contributed by atoms with Crippen LogP contribution < -0.4 is 5.32 Å². The van der Waals surface area contributed by atoms with Gasteiger partial charge in [0.15, 0.2) is 0 Å². The molecule has 0 fully saturated rings. The van der Waals surface area contributed by atoms with Gasteiger partial charge in [-0.25, -0.2) is 4.79 Å². The molecule has 1 amide bonds. The van der Waals surface area contributed by atoms with Crippen molar-refractivity contribution in [3.63, 3.8) is 0 Å². The Bertz CT molecular complexity index is 237. The first kappa shape index (κ1) is 7.46. The minimum Gasteiger partial charge on any atom is -0.453 e. The molecule has 0 aliphatic rings. The largest absolute Gasteiger partial charge is 0.453 e. The van der Waals surface area contributed by atoms with Gasteiger partial charge in [-0.05, 0) is 6.07 Å². The van der Waals surface area contributed by atoms with Crippen LogP contribution in [0.25, 0.3) is 0 Å². The quantitative estimate of drug-likeness (QED) is 0.634. The van der Waals surface area contributed by atoms with E-state index in [1.807, 2.05) is 0 Å². The number of hydrogen-bond acceptors (Lipinski definition) is 4. The highest BCUT2D eigenvalue weighted by Gasteiger charge is 1.98. The van der Waals surface area contributed by atoms with Crippen molar-refractivity contribution in [3.05, 3.63) is 18.5 Å². The van der Waals surface area contributed by atoms with E-state index in [0.717, 1.165) is 0 Å². The number of amides is 1. The zero-order chi connectivity index (χ0) is 8.10. The third kappa shape index (κ3) is 2.21. The van der Waals surface area contributed by atoms with Gasteiger partial charge >= 0.3 is 6.09 Å². The maximum absolute atomic E-state index is 10.6. The number of hydrogen-bond donors (Lipinski definition) is 1. The molecule has 1 aromatic heterocycles. The predicted molar refractivity (Wildman–Crippen MR) is 36.9 cm³/mol. The van der Waals surface area contributed by atoms with Crippen molar-refractivity contribution < 1.29 is 9.53 Å². The SMILES string of the molecule is COC(=O)Nc1[c]nncc1. The molecule has 0 saturated heterocycles. The van der Waals surface area contributed by atoms with Crippen LogP contribution >= 0.6 is 0 Å². The van der Waals surface area contributed by atoms with Gasteiger partial charge < -0.3 is 4.74 Å². The molecule has 11 heavy (non-hydrogen) atoms. The molecule has 0 aliphatic heterocycles. The molecule has 57 valence electrons. The number of carbonyl (C=O) groups is 1. The lowest BCUT2D eigenvalue weighted by Crippen LogP contribution is -2.11. The van der Waals surface area contributed by atoms with Gasteiger partial charge in [0, 0.05) is 0 Å². The molecule has 5 heteroatoms. The van der Waals surface area contributed by atoms with E-state index >= 15 is 0 Å². The van der Waals surface area contributed by atoms with Crippen molar-refractivity contribution in [3.8, 4) is 0 Å². The van der Waals surface area contributed by atoms with Crippen LogP contribution in [-0.2, 0) is 4.74 Å². The van der Waals surface area contributed by atoms with E-state index in [2.05, 4.69) is 26.4 Å². The Morgan fingerprint density at radius 2 is 2.64 bits per heavy atom. The second-order valence-corrected chi connectivity index (χ2v) is 1.67. The molecule has 1 rings (SSSR count). The maximum Gasteiger partial charge on any atom is 0.411 e. The molecular weight excluding hydrogens is 146 g/mol. The summed E-state index contributed by atoms with van der Waals surface area (Å²) in [5, 5.41) is 9.28. The van der Waals surface area contributed by atoms with Gasteiger partial charge in [0.25, 0.3) is 0 Å². The lowest BCUT2D eigenvalue weighted by atomic mass is 10.5. The number of methoxy groups -OCH3 is 1. The van der Waals surface area contributed by atoms with Gasteiger partial charge in [-0.2, -0.15) is 5.10 Å².